The minimum atomic E-state index is -0.553. The second-order valence-corrected chi connectivity index (χ2v) is 4.88. The first-order valence-corrected chi connectivity index (χ1v) is 6.17. The van der Waals surface area contributed by atoms with Gasteiger partial charge < -0.3 is 5.11 Å². The molecular weight excluding hydrogens is 232 g/mol. The minimum Gasteiger partial charge on any atom is -0.384 e. The summed E-state index contributed by atoms with van der Waals surface area (Å²) in [6.07, 6.45) is 1.38. The maximum absolute atomic E-state index is 10.5. The first-order valence-electron chi connectivity index (χ1n) is 5.80. The van der Waals surface area contributed by atoms with Crippen LogP contribution in [0.15, 0.2) is 42.5 Å². The third kappa shape index (κ3) is 1.86. The lowest BCUT2D eigenvalue weighted by Gasteiger charge is -2.14. The third-order valence-corrected chi connectivity index (χ3v) is 3.65. The Hall–Kier alpha value is -1.31. The first-order chi connectivity index (χ1) is 8.25. The van der Waals surface area contributed by atoms with Crippen LogP contribution in [0.1, 0.15) is 28.4 Å². The lowest BCUT2D eigenvalue weighted by molar-refractivity contribution is 0.219. The molecule has 3 rings (SSSR count). The molecule has 86 valence electrons. The van der Waals surface area contributed by atoms with E-state index in [1.807, 2.05) is 36.4 Å². The van der Waals surface area contributed by atoms with Crippen molar-refractivity contribution in [2.75, 3.05) is 0 Å². The van der Waals surface area contributed by atoms with Crippen LogP contribution in [0.25, 0.3) is 0 Å². The Bertz CT molecular complexity index is 563. The summed E-state index contributed by atoms with van der Waals surface area (Å²) in [4.78, 5) is 0. The number of aliphatic hydroxyl groups is 1. The molecule has 2 heteroatoms. The molecule has 0 amide bonds. The van der Waals surface area contributed by atoms with Gasteiger partial charge in [0, 0.05) is 5.02 Å². The summed E-state index contributed by atoms with van der Waals surface area (Å²) < 4.78 is 0. The second kappa shape index (κ2) is 4.17. The molecular formula is C15H13ClO. The summed E-state index contributed by atoms with van der Waals surface area (Å²) in [5.41, 5.74) is 4.38. The number of aryl methyl sites for hydroxylation is 2. The number of aliphatic hydroxyl groups excluding tert-OH is 1. The highest BCUT2D eigenvalue weighted by Gasteiger charge is 2.21. The molecule has 2 aromatic carbocycles. The highest BCUT2D eigenvalue weighted by atomic mass is 35.5. The van der Waals surface area contributed by atoms with Crippen LogP contribution in [0.4, 0.5) is 0 Å². The van der Waals surface area contributed by atoms with Crippen molar-refractivity contribution >= 4 is 11.6 Å². The van der Waals surface area contributed by atoms with Crippen LogP contribution in [0.5, 0.6) is 0 Å². The highest BCUT2D eigenvalue weighted by Crippen LogP contribution is 2.33. The van der Waals surface area contributed by atoms with E-state index in [1.165, 1.54) is 11.1 Å². The van der Waals surface area contributed by atoms with Crippen molar-refractivity contribution in [2.24, 2.45) is 0 Å². The zero-order valence-corrected chi connectivity index (χ0v) is 10.1. The van der Waals surface area contributed by atoms with E-state index >= 15 is 0 Å². The molecule has 0 saturated carbocycles. The van der Waals surface area contributed by atoms with Gasteiger partial charge in [-0.3, -0.25) is 0 Å². The average Bonchev–Trinajstić information content (AvgIpc) is 2.49. The van der Waals surface area contributed by atoms with Crippen molar-refractivity contribution in [1.82, 2.24) is 0 Å². The van der Waals surface area contributed by atoms with E-state index in [4.69, 9.17) is 11.6 Å². The molecule has 0 fully saturated rings. The fourth-order valence-corrected chi connectivity index (χ4v) is 2.69. The Morgan fingerprint density at radius 3 is 2.47 bits per heavy atom. The number of halogens is 1. The van der Waals surface area contributed by atoms with Gasteiger partial charge >= 0.3 is 0 Å². The smallest absolute Gasteiger partial charge is 0.105 e. The Balaban J connectivity index is 2.18. The van der Waals surface area contributed by atoms with Gasteiger partial charge in [0.1, 0.15) is 6.10 Å². The van der Waals surface area contributed by atoms with Gasteiger partial charge in [0.25, 0.3) is 0 Å². The second-order valence-electron chi connectivity index (χ2n) is 4.44. The summed E-state index contributed by atoms with van der Waals surface area (Å²) in [6.45, 7) is 0. The molecule has 0 radical (unpaired) electrons. The van der Waals surface area contributed by atoms with E-state index in [0.29, 0.717) is 5.02 Å². The van der Waals surface area contributed by atoms with E-state index < -0.39 is 6.10 Å². The van der Waals surface area contributed by atoms with Crippen LogP contribution in [0, 0.1) is 0 Å². The van der Waals surface area contributed by atoms with E-state index in [0.717, 1.165) is 24.0 Å². The maximum atomic E-state index is 10.5. The van der Waals surface area contributed by atoms with Crippen molar-refractivity contribution < 1.29 is 5.11 Å². The molecule has 0 aliphatic heterocycles. The standard InChI is InChI=1S/C15H13ClO/c16-12-8-7-11-6-5-10-3-1-2-4-13(10)15(17)14(11)9-12/h1-4,7-9,15,17H,5-6H2. The molecule has 17 heavy (non-hydrogen) atoms. The highest BCUT2D eigenvalue weighted by molar-refractivity contribution is 6.30. The molecule has 0 aromatic heterocycles. The fourth-order valence-electron chi connectivity index (χ4n) is 2.51. The number of rotatable bonds is 0. The average molecular weight is 245 g/mol. The van der Waals surface area contributed by atoms with Crippen molar-refractivity contribution in [2.45, 2.75) is 18.9 Å². The van der Waals surface area contributed by atoms with Crippen LogP contribution in [0.3, 0.4) is 0 Å². The van der Waals surface area contributed by atoms with Crippen LogP contribution in [0.2, 0.25) is 5.02 Å². The van der Waals surface area contributed by atoms with Gasteiger partial charge in [-0.25, -0.2) is 0 Å². The SMILES string of the molecule is OC1c2ccccc2CCc2ccc(Cl)cc21. The molecule has 0 saturated heterocycles. The third-order valence-electron chi connectivity index (χ3n) is 3.42. The zero-order valence-electron chi connectivity index (χ0n) is 9.36. The summed E-state index contributed by atoms with van der Waals surface area (Å²) in [5, 5.41) is 11.1. The van der Waals surface area contributed by atoms with Gasteiger partial charge in [0.2, 0.25) is 0 Å². The zero-order chi connectivity index (χ0) is 11.8. The molecule has 1 unspecified atom stereocenters. The molecule has 1 nitrogen and oxygen atoms in total. The number of fused-ring (bicyclic) bond motifs is 2. The monoisotopic (exact) mass is 244 g/mol. The molecule has 1 N–H and O–H groups in total. The lowest BCUT2D eigenvalue weighted by atomic mass is 9.97. The van der Waals surface area contributed by atoms with E-state index in [1.54, 1.807) is 0 Å². The summed E-state index contributed by atoms with van der Waals surface area (Å²) in [6, 6.07) is 13.9. The number of benzene rings is 2. The lowest BCUT2D eigenvalue weighted by Crippen LogP contribution is -2.02. The van der Waals surface area contributed by atoms with E-state index in [2.05, 4.69) is 6.07 Å². The van der Waals surface area contributed by atoms with Gasteiger partial charge in [0.15, 0.2) is 0 Å². The molecule has 0 heterocycles. The molecule has 1 aliphatic rings. The fraction of sp³-hybridized carbons (Fsp3) is 0.200. The van der Waals surface area contributed by atoms with Crippen molar-refractivity contribution in [3.05, 3.63) is 69.7 Å². The van der Waals surface area contributed by atoms with E-state index in [9.17, 15) is 5.11 Å². The quantitative estimate of drug-likeness (QED) is 0.752. The Morgan fingerprint density at radius 2 is 1.65 bits per heavy atom. The number of hydrogen-bond donors (Lipinski definition) is 1. The Kier molecular flexibility index (Phi) is 2.65. The van der Waals surface area contributed by atoms with Gasteiger partial charge in [-0.05, 0) is 47.2 Å². The molecule has 0 spiro atoms. The molecule has 1 aliphatic carbocycles. The van der Waals surface area contributed by atoms with E-state index in [-0.39, 0.29) is 0 Å². The normalized spacial score (nSPS) is 18.1. The van der Waals surface area contributed by atoms with Crippen LogP contribution < -0.4 is 0 Å². The first kappa shape index (κ1) is 10.8. The Labute approximate surface area is 106 Å². The predicted molar refractivity (Wildman–Crippen MR) is 69.4 cm³/mol. The van der Waals surface area contributed by atoms with Crippen LogP contribution in [-0.4, -0.2) is 5.11 Å². The van der Waals surface area contributed by atoms with Gasteiger partial charge in [-0.1, -0.05) is 41.9 Å². The largest absolute Gasteiger partial charge is 0.384 e. The molecule has 0 bridgehead atoms. The summed E-state index contributed by atoms with van der Waals surface area (Å²) >= 11 is 6.01. The maximum Gasteiger partial charge on any atom is 0.105 e. The topological polar surface area (TPSA) is 20.2 Å². The van der Waals surface area contributed by atoms with Crippen molar-refractivity contribution in [1.29, 1.82) is 0 Å². The summed E-state index contributed by atoms with van der Waals surface area (Å²) in [5.74, 6) is 0. The van der Waals surface area contributed by atoms with Crippen LogP contribution in [-0.2, 0) is 12.8 Å². The Morgan fingerprint density at radius 1 is 0.941 bits per heavy atom. The van der Waals surface area contributed by atoms with Gasteiger partial charge in [-0.15, -0.1) is 0 Å². The predicted octanol–water partition coefficient (Wildman–Crippen LogP) is 3.52. The minimum absolute atomic E-state index is 0.553. The van der Waals surface area contributed by atoms with Crippen molar-refractivity contribution in [3.8, 4) is 0 Å². The number of hydrogen-bond acceptors (Lipinski definition) is 1. The molecule has 2 aromatic rings. The van der Waals surface area contributed by atoms with Crippen LogP contribution >= 0.6 is 11.6 Å². The summed E-state index contributed by atoms with van der Waals surface area (Å²) in [7, 11) is 0. The molecule has 1 atom stereocenters. The van der Waals surface area contributed by atoms with Crippen molar-refractivity contribution in [3.63, 3.8) is 0 Å². The van der Waals surface area contributed by atoms with Gasteiger partial charge in [0.05, 0.1) is 0 Å². The van der Waals surface area contributed by atoms with Gasteiger partial charge in [-0.2, -0.15) is 0 Å².